The molecule has 0 atom stereocenters. The minimum atomic E-state index is 1.16. The van der Waals surface area contributed by atoms with Gasteiger partial charge in [-0.25, -0.2) is 0 Å². The first kappa shape index (κ1) is 24.2. The predicted molar refractivity (Wildman–Crippen MR) is 196 cm³/mol. The van der Waals surface area contributed by atoms with Gasteiger partial charge in [0.15, 0.2) is 0 Å². The first-order valence-electron chi connectivity index (χ1n) is 16.0. The minimum Gasteiger partial charge on any atom is -0.307 e. The van der Waals surface area contributed by atoms with Gasteiger partial charge in [0, 0.05) is 38.0 Å². The van der Waals surface area contributed by atoms with Gasteiger partial charge in [-0.1, -0.05) is 127 Å². The van der Waals surface area contributed by atoms with E-state index in [0.717, 1.165) is 5.69 Å². The van der Waals surface area contributed by atoms with Crippen LogP contribution in [0.4, 0.5) is 0 Å². The van der Waals surface area contributed by atoms with Crippen molar-refractivity contribution in [1.82, 2.24) is 8.97 Å². The van der Waals surface area contributed by atoms with Gasteiger partial charge >= 0.3 is 0 Å². The molecule has 212 valence electrons. The lowest BCUT2D eigenvalue weighted by molar-refractivity contribution is 1.18. The average Bonchev–Trinajstić information content (AvgIpc) is 3.77. The number of rotatable bonds is 2. The largest absolute Gasteiger partial charge is 0.307 e. The molecule has 11 aromatic rings. The molecular formula is C44H26N2. The van der Waals surface area contributed by atoms with Crippen LogP contribution in [0.15, 0.2) is 158 Å². The Balaban J connectivity index is 1.36. The molecule has 11 rings (SSSR count). The lowest BCUT2D eigenvalue weighted by atomic mass is 9.98. The fourth-order valence-electron chi connectivity index (χ4n) is 8.31. The summed E-state index contributed by atoms with van der Waals surface area (Å²) in [6.45, 7) is 0. The molecule has 0 aliphatic heterocycles. The zero-order chi connectivity index (χ0) is 29.9. The normalized spacial score (nSPS) is 12.3. The van der Waals surface area contributed by atoms with Gasteiger partial charge < -0.3 is 8.97 Å². The van der Waals surface area contributed by atoms with Crippen LogP contribution in [0, 0.1) is 0 Å². The summed E-state index contributed by atoms with van der Waals surface area (Å²) in [5.74, 6) is 0. The van der Waals surface area contributed by atoms with Gasteiger partial charge in [-0.3, -0.25) is 0 Å². The third kappa shape index (κ3) is 3.01. The predicted octanol–water partition coefficient (Wildman–Crippen LogP) is 11.9. The minimum absolute atomic E-state index is 1.16. The maximum atomic E-state index is 2.55. The maximum absolute atomic E-state index is 2.55. The summed E-state index contributed by atoms with van der Waals surface area (Å²) in [5.41, 5.74) is 9.90. The molecule has 0 bridgehead atoms. The quantitative estimate of drug-likeness (QED) is 0.192. The van der Waals surface area contributed by atoms with Gasteiger partial charge in [-0.05, 0) is 63.0 Å². The Morgan fingerprint density at radius 1 is 0.326 bits per heavy atom. The van der Waals surface area contributed by atoms with E-state index >= 15 is 0 Å². The van der Waals surface area contributed by atoms with Crippen molar-refractivity contribution in [3.05, 3.63) is 158 Å². The third-order valence-corrected chi connectivity index (χ3v) is 10.2. The van der Waals surface area contributed by atoms with E-state index in [0.29, 0.717) is 0 Å². The van der Waals surface area contributed by atoms with E-state index in [9.17, 15) is 0 Å². The van der Waals surface area contributed by atoms with Crippen LogP contribution < -0.4 is 0 Å². The number of hydrogen-bond acceptors (Lipinski definition) is 0. The van der Waals surface area contributed by atoms with Gasteiger partial charge in [0.05, 0.1) is 27.6 Å². The number of aromatic nitrogens is 2. The van der Waals surface area contributed by atoms with E-state index in [1.807, 2.05) is 0 Å². The molecular weight excluding hydrogens is 556 g/mol. The van der Waals surface area contributed by atoms with E-state index in [1.54, 1.807) is 0 Å². The van der Waals surface area contributed by atoms with E-state index in [4.69, 9.17) is 0 Å². The van der Waals surface area contributed by atoms with E-state index < -0.39 is 0 Å². The highest BCUT2D eigenvalue weighted by Gasteiger charge is 2.25. The molecule has 0 saturated carbocycles. The SMILES string of the molecule is c1cc(-c2ccc3ccccc3c2)cc(-n2c3ccccc3c3c4ccccc4c4c5cccc6c7ccccc7n(c65)c4c32)c1. The summed E-state index contributed by atoms with van der Waals surface area (Å²) in [5, 5.41) is 12.9. The van der Waals surface area contributed by atoms with Crippen LogP contribution in [0.25, 0.3) is 98.3 Å². The van der Waals surface area contributed by atoms with Gasteiger partial charge in [0.1, 0.15) is 0 Å². The Morgan fingerprint density at radius 3 is 1.78 bits per heavy atom. The molecule has 0 N–H and O–H groups in total. The van der Waals surface area contributed by atoms with Crippen LogP contribution in [-0.2, 0) is 0 Å². The number of benzene rings is 8. The second-order valence-electron chi connectivity index (χ2n) is 12.5. The van der Waals surface area contributed by atoms with Gasteiger partial charge in [-0.2, -0.15) is 0 Å². The molecule has 0 fully saturated rings. The molecule has 46 heavy (non-hydrogen) atoms. The highest BCUT2D eigenvalue weighted by atomic mass is 15.0. The molecule has 0 spiro atoms. The molecule has 0 radical (unpaired) electrons. The third-order valence-electron chi connectivity index (χ3n) is 10.2. The van der Waals surface area contributed by atoms with Gasteiger partial charge in [-0.15, -0.1) is 0 Å². The number of para-hydroxylation sites is 3. The van der Waals surface area contributed by atoms with E-state index in [-0.39, 0.29) is 0 Å². The zero-order valence-electron chi connectivity index (χ0n) is 24.9. The standard InChI is InChI=1S/C44H26N2/c1-2-12-28-25-30(24-23-27(28)11-1)29-13-9-14-31(26-29)45-39-22-8-6-18-36(39)40-33-16-3-4-17-34(33)41-37-20-10-19-35-32-15-5-7-21-38(32)46(42(35)37)44(41)43(40)45/h1-26H. The van der Waals surface area contributed by atoms with Crippen LogP contribution >= 0.6 is 0 Å². The second kappa shape index (κ2) is 8.74. The molecule has 0 unspecified atom stereocenters. The van der Waals surface area contributed by atoms with Gasteiger partial charge in [0.2, 0.25) is 0 Å². The summed E-state index contributed by atoms with van der Waals surface area (Å²) < 4.78 is 5.07. The topological polar surface area (TPSA) is 9.34 Å². The molecule has 3 aromatic heterocycles. The van der Waals surface area contributed by atoms with Crippen molar-refractivity contribution in [3.8, 4) is 16.8 Å². The molecule has 3 heterocycles. The molecule has 0 aliphatic rings. The zero-order valence-corrected chi connectivity index (χ0v) is 24.9. The van der Waals surface area contributed by atoms with Crippen LogP contribution in [0.5, 0.6) is 0 Å². The first-order valence-corrected chi connectivity index (χ1v) is 16.0. The van der Waals surface area contributed by atoms with Crippen molar-refractivity contribution in [2.24, 2.45) is 0 Å². The monoisotopic (exact) mass is 582 g/mol. The highest BCUT2D eigenvalue weighted by Crippen LogP contribution is 2.48. The molecule has 0 aliphatic carbocycles. The summed E-state index contributed by atoms with van der Waals surface area (Å²) in [7, 11) is 0. The molecule has 0 amide bonds. The Labute approximate surface area is 264 Å². The second-order valence-corrected chi connectivity index (χ2v) is 12.5. The lowest BCUT2D eigenvalue weighted by Crippen LogP contribution is -1.96. The molecule has 2 heteroatoms. The average molecular weight is 583 g/mol. The highest BCUT2D eigenvalue weighted by molar-refractivity contribution is 6.38. The van der Waals surface area contributed by atoms with Crippen molar-refractivity contribution in [2.45, 2.75) is 0 Å². The summed E-state index contributed by atoms with van der Waals surface area (Å²) in [6, 6.07) is 58.1. The number of nitrogens with zero attached hydrogens (tertiary/aromatic N) is 2. The Bertz CT molecular complexity index is 3020. The van der Waals surface area contributed by atoms with Crippen LogP contribution in [-0.4, -0.2) is 8.97 Å². The van der Waals surface area contributed by atoms with Crippen molar-refractivity contribution < 1.29 is 0 Å². The molecule has 2 nitrogen and oxygen atoms in total. The first-order chi connectivity index (χ1) is 22.8. The number of fused-ring (bicyclic) bond motifs is 14. The van der Waals surface area contributed by atoms with Crippen LogP contribution in [0.3, 0.4) is 0 Å². The lowest BCUT2D eigenvalue weighted by Gasteiger charge is -2.13. The fourth-order valence-corrected chi connectivity index (χ4v) is 8.31. The Morgan fingerprint density at radius 2 is 0.935 bits per heavy atom. The van der Waals surface area contributed by atoms with Crippen molar-refractivity contribution in [1.29, 1.82) is 0 Å². The summed E-state index contributed by atoms with van der Waals surface area (Å²) >= 11 is 0. The Kier molecular flexibility index (Phi) is 4.61. The van der Waals surface area contributed by atoms with Crippen molar-refractivity contribution in [2.75, 3.05) is 0 Å². The van der Waals surface area contributed by atoms with Crippen LogP contribution in [0.1, 0.15) is 0 Å². The Hall–Kier alpha value is -6.12. The molecule has 8 aromatic carbocycles. The fraction of sp³-hybridized carbons (Fsp3) is 0. The number of hydrogen-bond donors (Lipinski definition) is 0. The van der Waals surface area contributed by atoms with Crippen molar-refractivity contribution >= 4 is 81.4 Å². The maximum Gasteiger partial charge on any atom is 0.0795 e. The van der Waals surface area contributed by atoms with Crippen molar-refractivity contribution in [3.63, 3.8) is 0 Å². The summed E-state index contributed by atoms with van der Waals surface area (Å²) in [4.78, 5) is 0. The molecule has 0 saturated heterocycles. The smallest absolute Gasteiger partial charge is 0.0795 e. The van der Waals surface area contributed by atoms with E-state index in [1.165, 1.54) is 92.6 Å². The van der Waals surface area contributed by atoms with Gasteiger partial charge in [0.25, 0.3) is 0 Å². The van der Waals surface area contributed by atoms with Crippen LogP contribution in [0.2, 0.25) is 0 Å². The van der Waals surface area contributed by atoms with E-state index in [2.05, 4.69) is 167 Å². The summed E-state index contributed by atoms with van der Waals surface area (Å²) in [6.07, 6.45) is 0.